The third-order valence-electron chi connectivity index (χ3n) is 5.70. The Morgan fingerprint density at radius 3 is 2.33 bits per heavy atom. The van der Waals surface area contributed by atoms with Gasteiger partial charge in [-0.1, -0.05) is 36.4 Å². The lowest BCUT2D eigenvalue weighted by Gasteiger charge is -2.18. The number of anilines is 4. The maximum Gasteiger partial charge on any atom is 0.262 e. The van der Waals surface area contributed by atoms with E-state index in [0.29, 0.717) is 22.7 Å². The van der Waals surface area contributed by atoms with Crippen molar-refractivity contribution in [1.29, 1.82) is 0 Å². The van der Waals surface area contributed by atoms with Crippen LogP contribution in [0.4, 0.5) is 23.0 Å². The van der Waals surface area contributed by atoms with Gasteiger partial charge in [-0.15, -0.1) is 0 Å². The molecule has 0 aliphatic carbocycles. The van der Waals surface area contributed by atoms with E-state index in [0.717, 1.165) is 30.0 Å². The number of nitrogens with zero attached hydrogens (tertiary/aromatic N) is 3. The van der Waals surface area contributed by atoms with Gasteiger partial charge >= 0.3 is 0 Å². The van der Waals surface area contributed by atoms with Gasteiger partial charge in [-0.3, -0.25) is 4.72 Å². The first-order valence-electron chi connectivity index (χ1n) is 11.0. The second-order valence-corrected chi connectivity index (χ2v) is 9.79. The van der Waals surface area contributed by atoms with Gasteiger partial charge in [-0.25, -0.2) is 18.4 Å². The standard InChI is InChI=1S/C25H25N5O2S/c1-18-26-24(17-25(27-18)30-15-4-5-16-30)28-20-11-13-21(14-12-20)29-33(31,32)23-10-6-8-19-7-2-3-9-22(19)23/h2-3,6-14,17,29H,4-5,15-16H2,1H3,(H,26,27,28). The van der Waals surface area contributed by atoms with Gasteiger partial charge in [0.15, 0.2) is 0 Å². The average Bonchev–Trinajstić information content (AvgIpc) is 3.35. The normalized spacial score (nSPS) is 13.9. The fourth-order valence-corrected chi connectivity index (χ4v) is 5.42. The summed E-state index contributed by atoms with van der Waals surface area (Å²) in [6.45, 7) is 3.92. The third kappa shape index (κ3) is 4.61. The molecule has 0 atom stereocenters. The van der Waals surface area contributed by atoms with Crippen LogP contribution in [0.5, 0.6) is 0 Å². The number of hydrogen-bond acceptors (Lipinski definition) is 6. The summed E-state index contributed by atoms with van der Waals surface area (Å²) < 4.78 is 28.8. The van der Waals surface area contributed by atoms with Crippen LogP contribution in [0.25, 0.3) is 10.8 Å². The minimum Gasteiger partial charge on any atom is -0.356 e. The lowest BCUT2D eigenvalue weighted by Crippen LogP contribution is -2.19. The molecule has 1 fully saturated rings. The SMILES string of the molecule is Cc1nc(Nc2ccc(NS(=O)(=O)c3cccc4ccccc34)cc2)cc(N2CCCC2)n1. The molecule has 0 unspecified atom stereocenters. The summed E-state index contributed by atoms with van der Waals surface area (Å²) in [7, 11) is -3.73. The van der Waals surface area contributed by atoms with Gasteiger partial charge in [-0.2, -0.15) is 0 Å². The Labute approximate surface area is 193 Å². The fourth-order valence-electron chi connectivity index (χ4n) is 4.13. The molecule has 1 aromatic heterocycles. The molecule has 2 N–H and O–H groups in total. The van der Waals surface area contributed by atoms with E-state index in [1.54, 1.807) is 24.3 Å². The molecular weight excluding hydrogens is 434 g/mol. The maximum absolute atomic E-state index is 13.0. The van der Waals surface area contributed by atoms with Crippen LogP contribution in [-0.2, 0) is 10.0 Å². The van der Waals surface area contributed by atoms with Crippen LogP contribution in [0.15, 0.2) is 77.7 Å². The van der Waals surface area contributed by atoms with Crippen LogP contribution < -0.4 is 14.9 Å². The minimum atomic E-state index is -3.73. The van der Waals surface area contributed by atoms with Crippen LogP contribution >= 0.6 is 0 Å². The summed E-state index contributed by atoms with van der Waals surface area (Å²) in [5.41, 5.74) is 1.30. The predicted octanol–water partition coefficient (Wildman–Crippen LogP) is 5.08. The molecule has 0 bridgehead atoms. The Balaban J connectivity index is 1.34. The van der Waals surface area contributed by atoms with E-state index < -0.39 is 10.0 Å². The molecule has 4 aromatic rings. The Morgan fingerprint density at radius 1 is 0.848 bits per heavy atom. The molecule has 0 spiro atoms. The Kier molecular flexibility index (Phi) is 5.60. The third-order valence-corrected chi connectivity index (χ3v) is 7.14. The van der Waals surface area contributed by atoms with Crippen molar-refractivity contribution in [2.75, 3.05) is 28.0 Å². The van der Waals surface area contributed by atoms with Gasteiger partial charge in [0.1, 0.15) is 17.5 Å². The molecule has 5 rings (SSSR count). The lowest BCUT2D eigenvalue weighted by atomic mass is 10.1. The minimum absolute atomic E-state index is 0.258. The lowest BCUT2D eigenvalue weighted by molar-refractivity contribution is 0.602. The molecule has 2 heterocycles. The van der Waals surface area contributed by atoms with Crippen molar-refractivity contribution >= 4 is 43.8 Å². The summed E-state index contributed by atoms with van der Waals surface area (Å²) in [5, 5.41) is 4.88. The number of sulfonamides is 1. The van der Waals surface area contributed by atoms with Gasteiger partial charge in [0.05, 0.1) is 4.90 Å². The Bertz CT molecular complexity index is 1390. The molecular formula is C25H25N5O2S. The molecule has 0 radical (unpaired) electrons. The van der Waals surface area contributed by atoms with E-state index in [-0.39, 0.29) is 4.90 Å². The highest BCUT2D eigenvalue weighted by Crippen LogP contribution is 2.27. The molecule has 0 amide bonds. The van der Waals surface area contributed by atoms with Gasteiger partial charge in [-0.05, 0) is 55.5 Å². The largest absolute Gasteiger partial charge is 0.356 e. The second kappa shape index (κ2) is 8.71. The van der Waals surface area contributed by atoms with Gasteiger partial charge in [0.2, 0.25) is 0 Å². The van der Waals surface area contributed by atoms with Gasteiger partial charge < -0.3 is 10.2 Å². The van der Waals surface area contributed by atoms with Crippen molar-refractivity contribution in [3.63, 3.8) is 0 Å². The molecule has 1 saturated heterocycles. The van der Waals surface area contributed by atoms with Crippen molar-refractivity contribution in [2.24, 2.45) is 0 Å². The van der Waals surface area contributed by atoms with E-state index in [1.165, 1.54) is 12.8 Å². The predicted molar refractivity (Wildman–Crippen MR) is 133 cm³/mol. The summed E-state index contributed by atoms with van der Waals surface area (Å²) >= 11 is 0. The summed E-state index contributed by atoms with van der Waals surface area (Å²) in [4.78, 5) is 11.6. The van der Waals surface area contributed by atoms with E-state index in [2.05, 4.69) is 24.9 Å². The highest BCUT2D eigenvalue weighted by molar-refractivity contribution is 7.93. The van der Waals surface area contributed by atoms with Crippen LogP contribution in [-0.4, -0.2) is 31.5 Å². The number of aromatic nitrogens is 2. The molecule has 0 saturated carbocycles. The van der Waals surface area contributed by atoms with E-state index in [9.17, 15) is 8.42 Å². The van der Waals surface area contributed by atoms with Crippen molar-refractivity contribution in [2.45, 2.75) is 24.7 Å². The monoisotopic (exact) mass is 459 g/mol. The highest BCUT2D eigenvalue weighted by atomic mass is 32.2. The average molecular weight is 460 g/mol. The summed E-state index contributed by atoms with van der Waals surface area (Å²) in [6, 6.07) is 21.8. The molecule has 1 aliphatic heterocycles. The Hall–Kier alpha value is -3.65. The first-order valence-corrected chi connectivity index (χ1v) is 12.4. The molecule has 168 valence electrons. The van der Waals surface area contributed by atoms with Crippen molar-refractivity contribution < 1.29 is 8.42 Å². The van der Waals surface area contributed by atoms with E-state index >= 15 is 0 Å². The molecule has 7 nitrogen and oxygen atoms in total. The zero-order valence-electron chi connectivity index (χ0n) is 18.3. The highest BCUT2D eigenvalue weighted by Gasteiger charge is 2.18. The second-order valence-electron chi connectivity index (χ2n) is 8.14. The zero-order chi connectivity index (χ0) is 22.8. The van der Waals surface area contributed by atoms with Crippen LogP contribution in [0.3, 0.4) is 0 Å². The van der Waals surface area contributed by atoms with Crippen LogP contribution in [0.2, 0.25) is 0 Å². The number of rotatable bonds is 6. The number of fused-ring (bicyclic) bond motifs is 1. The van der Waals surface area contributed by atoms with Crippen LogP contribution in [0.1, 0.15) is 18.7 Å². The first-order chi connectivity index (χ1) is 16.0. The summed E-state index contributed by atoms with van der Waals surface area (Å²) in [6.07, 6.45) is 2.36. The number of hydrogen-bond donors (Lipinski definition) is 2. The number of benzene rings is 3. The molecule has 33 heavy (non-hydrogen) atoms. The van der Waals surface area contributed by atoms with Crippen molar-refractivity contribution in [3.05, 3.63) is 78.6 Å². The van der Waals surface area contributed by atoms with E-state index in [4.69, 9.17) is 0 Å². The molecule has 8 heteroatoms. The fraction of sp³-hybridized carbons (Fsp3) is 0.200. The van der Waals surface area contributed by atoms with E-state index in [1.807, 2.05) is 55.5 Å². The van der Waals surface area contributed by atoms with Crippen LogP contribution in [0, 0.1) is 6.92 Å². The first kappa shape index (κ1) is 21.2. The topological polar surface area (TPSA) is 87.2 Å². The zero-order valence-corrected chi connectivity index (χ0v) is 19.1. The number of nitrogens with one attached hydrogen (secondary N) is 2. The smallest absolute Gasteiger partial charge is 0.262 e. The number of aryl methyl sites for hydroxylation is 1. The molecule has 3 aromatic carbocycles. The van der Waals surface area contributed by atoms with Gasteiger partial charge in [0, 0.05) is 35.9 Å². The Morgan fingerprint density at radius 2 is 1.55 bits per heavy atom. The van der Waals surface area contributed by atoms with Crippen molar-refractivity contribution in [1.82, 2.24) is 9.97 Å². The van der Waals surface area contributed by atoms with Crippen molar-refractivity contribution in [3.8, 4) is 0 Å². The summed E-state index contributed by atoms with van der Waals surface area (Å²) in [5.74, 6) is 2.36. The molecule has 1 aliphatic rings. The quantitative estimate of drug-likeness (QED) is 0.418. The van der Waals surface area contributed by atoms with Gasteiger partial charge in [0.25, 0.3) is 10.0 Å². The maximum atomic E-state index is 13.0.